The van der Waals surface area contributed by atoms with Gasteiger partial charge in [0, 0.05) is 17.5 Å². The van der Waals surface area contributed by atoms with Crippen molar-refractivity contribution in [2.75, 3.05) is 6.54 Å². The molecule has 0 atom stereocenters. The van der Waals surface area contributed by atoms with Gasteiger partial charge in [0.05, 0.1) is 11.9 Å². The highest BCUT2D eigenvalue weighted by molar-refractivity contribution is 6.05. The van der Waals surface area contributed by atoms with E-state index in [0.717, 1.165) is 30.4 Å². The van der Waals surface area contributed by atoms with Crippen molar-refractivity contribution >= 4 is 28.5 Å². The number of carbonyl (C=O) groups is 3. The summed E-state index contributed by atoms with van der Waals surface area (Å²) in [5, 5.41) is 7.55. The molecule has 0 saturated carbocycles. The van der Waals surface area contributed by atoms with Gasteiger partial charge in [-0.1, -0.05) is 44.0 Å². The van der Waals surface area contributed by atoms with Gasteiger partial charge in [-0.05, 0) is 49.6 Å². The molecule has 2 aromatic carbocycles. The smallest absolute Gasteiger partial charge is 0.290 e. The summed E-state index contributed by atoms with van der Waals surface area (Å²) < 4.78 is 1.29. The number of nitrogens with one attached hydrogen (secondary N) is 3. The molecule has 178 valence electrons. The number of hydrazine groups is 1. The first-order chi connectivity index (χ1) is 16.3. The summed E-state index contributed by atoms with van der Waals surface area (Å²) in [5.41, 5.74) is 6.85. The van der Waals surface area contributed by atoms with Crippen molar-refractivity contribution in [2.45, 2.75) is 46.6 Å². The molecule has 0 aliphatic carbocycles. The number of aryl methyl sites for hydroxylation is 3. The standard InChI is InChI=1S/C25H29N5O4/c1-4-5-8-13-30-25(34)20-10-7-6-9-19(20)22(29-30)24(33)28-27-21(31)15-26-23(32)18-12-11-16(2)17(3)14-18/h6-7,9-12,14H,4-5,8,13,15H2,1-3H3,(H,26,32)(H,27,31)(H,28,33). The Bertz CT molecular complexity index is 1280. The van der Waals surface area contributed by atoms with Crippen LogP contribution in [0.4, 0.5) is 0 Å². The van der Waals surface area contributed by atoms with Crippen LogP contribution in [-0.4, -0.2) is 34.0 Å². The average molecular weight is 464 g/mol. The molecule has 9 nitrogen and oxygen atoms in total. The van der Waals surface area contributed by atoms with Gasteiger partial charge in [0.15, 0.2) is 5.69 Å². The van der Waals surface area contributed by atoms with Crippen LogP contribution in [0.3, 0.4) is 0 Å². The molecule has 0 aliphatic heterocycles. The molecule has 1 heterocycles. The van der Waals surface area contributed by atoms with Gasteiger partial charge < -0.3 is 5.32 Å². The zero-order valence-electron chi connectivity index (χ0n) is 19.6. The van der Waals surface area contributed by atoms with Gasteiger partial charge in [-0.2, -0.15) is 5.10 Å². The first-order valence-corrected chi connectivity index (χ1v) is 11.3. The Kier molecular flexibility index (Phi) is 8.13. The zero-order valence-corrected chi connectivity index (χ0v) is 19.6. The topological polar surface area (TPSA) is 122 Å². The van der Waals surface area contributed by atoms with Gasteiger partial charge >= 0.3 is 0 Å². The third-order valence-electron chi connectivity index (χ3n) is 5.55. The Hall–Kier alpha value is -4.01. The van der Waals surface area contributed by atoms with Crippen LogP contribution in [0.2, 0.25) is 0 Å². The van der Waals surface area contributed by atoms with Crippen LogP contribution in [0.1, 0.15) is 58.2 Å². The fourth-order valence-corrected chi connectivity index (χ4v) is 3.44. The van der Waals surface area contributed by atoms with Crippen molar-refractivity contribution in [3.8, 4) is 0 Å². The molecule has 3 aromatic rings. The lowest BCUT2D eigenvalue weighted by Crippen LogP contribution is -2.47. The minimum Gasteiger partial charge on any atom is -0.343 e. The number of hydrogen-bond donors (Lipinski definition) is 3. The highest BCUT2D eigenvalue weighted by atomic mass is 16.2. The Morgan fingerprint density at radius 3 is 2.35 bits per heavy atom. The second-order valence-corrected chi connectivity index (χ2v) is 8.11. The third kappa shape index (κ3) is 5.86. The van der Waals surface area contributed by atoms with Gasteiger partial charge in [-0.15, -0.1) is 0 Å². The molecular formula is C25H29N5O4. The van der Waals surface area contributed by atoms with E-state index in [0.29, 0.717) is 22.9 Å². The van der Waals surface area contributed by atoms with E-state index >= 15 is 0 Å². The second kappa shape index (κ2) is 11.2. The highest BCUT2D eigenvalue weighted by Gasteiger charge is 2.17. The Morgan fingerprint density at radius 1 is 0.912 bits per heavy atom. The summed E-state index contributed by atoms with van der Waals surface area (Å²) in [4.78, 5) is 50.0. The van der Waals surface area contributed by atoms with Crippen molar-refractivity contribution in [3.05, 3.63) is 75.2 Å². The van der Waals surface area contributed by atoms with Crippen molar-refractivity contribution in [2.24, 2.45) is 0 Å². The fourth-order valence-electron chi connectivity index (χ4n) is 3.44. The van der Waals surface area contributed by atoms with E-state index in [-0.39, 0.29) is 17.8 Å². The molecule has 0 radical (unpaired) electrons. The lowest BCUT2D eigenvalue weighted by Gasteiger charge is -2.12. The van der Waals surface area contributed by atoms with E-state index in [1.54, 1.807) is 36.4 Å². The number of benzene rings is 2. The normalized spacial score (nSPS) is 10.7. The maximum absolute atomic E-state index is 12.8. The van der Waals surface area contributed by atoms with Crippen LogP contribution in [0.5, 0.6) is 0 Å². The average Bonchev–Trinajstić information content (AvgIpc) is 2.84. The van der Waals surface area contributed by atoms with E-state index in [1.165, 1.54) is 4.68 Å². The molecule has 0 unspecified atom stereocenters. The van der Waals surface area contributed by atoms with Crippen LogP contribution in [-0.2, 0) is 11.3 Å². The van der Waals surface area contributed by atoms with E-state index in [2.05, 4.69) is 28.2 Å². The highest BCUT2D eigenvalue weighted by Crippen LogP contribution is 2.13. The van der Waals surface area contributed by atoms with Gasteiger partial charge in [-0.3, -0.25) is 30.0 Å². The van der Waals surface area contributed by atoms with E-state index in [9.17, 15) is 19.2 Å². The Morgan fingerprint density at radius 2 is 1.65 bits per heavy atom. The molecule has 3 amide bonds. The molecule has 3 N–H and O–H groups in total. The Labute approximate surface area is 197 Å². The summed E-state index contributed by atoms with van der Waals surface area (Å²) >= 11 is 0. The first kappa shape index (κ1) is 24.6. The maximum atomic E-state index is 12.8. The van der Waals surface area contributed by atoms with Gasteiger partial charge in [0.25, 0.3) is 23.3 Å². The number of carbonyl (C=O) groups excluding carboxylic acids is 3. The second-order valence-electron chi connectivity index (χ2n) is 8.11. The minimum absolute atomic E-state index is 0.0335. The van der Waals surface area contributed by atoms with E-state index in [4.69, 9.17) is 0 Å². The first-order valence-electron chi connectivity index (χ1n) is 11.3. The van der Waals surface area contributed by atoms with Gasteiger partial charge in [0.2, 0.25) is 0 Å². The van der Waals surface area contributed by atoms with Crippen LogP contribution in [0.15, 0.2) is 47.3 Å². The third-order valence-corrected chi connectivity index (χ3v) is 5.55. The zero-order chi connectivity index (χ0) is 24.7. The monoisotopic (exact) mass is 463 g/mol. The van der Waals surface area contributed by atoms with Crippen LogP contribution in [0.25, 0.3) is 10.8 Å². The maximum Gasteiger partial charge on any atom is 0.290 e. The van der Waals surface area contributed by atoms with E-state index in [1.807, 2.05) is 19.9 Å². The van der Waals surface area contributed by atoms with Crippen molar-refractivity contribution in [3.63, 3.8) is 0 Å². The summed E-state index contributed by atoms with van der Waals surface area (Å²) in [6, 6.07) is 12.0. The number of aromatic nitrogens is 2. The van der Waals surface area contributed by atoms with E-state index < -0.39 is 17.7 Å². The molecular weight excluding hydrogens is 434 g/mol. The number of unbranched alkanes of at least 4 members (excludes halogenated alkanes) is 2. The predicted octanol–water partition coefficient (Wildman–Crippen LogP) is 2.39. The molecule has 0 bridgehead atoms. The van der Waals surface area contributed by atoms with Crippen molar-refractivity contribution in [1.82, 2.24) is 25.9 Å². The Balaban J connectivity index is 1.65. The number of rotatable bonds is 8. The molecule has 0 aliphatic rings. The quantitative estimate of drug-likeness (QED) is 0.350. The molecule has 3 rings (SSSR count). The van der Waals surface area contributed by atoms with Gasteiger partial charge in [-0.25, -0.2) is 4.68 Å². The summed E-state index contributed by atoms with van der Waals surface area (Å²) in [6.45, 7) is 5.98. The molecule has 34 heavy (non-hydrogen) atoms. The lowest BCUT2D eigenvalue weighted by molar-refractivity contribution is -0.120. The summed E-state index contributed by atoms with van der Waals surface area (Å²) in [7, 11) is 0. The number of nitrogens with zero attached hydrogens (tertiary/aromatic N) is 2. The van der Waals surface area contributed by atoms with Crippen LogP contribution < -0.4 is 21.7 Å². The van der Waals surface area contributed by atoms with Crippen LogP contribution >= 0.6 is 0 Å². The predicted molar refractivity (Wildman–Crippen MR) is 129 cm³/mol. The lowest BCUT2D eigenvalue weighted by atomic mass is 10.1. The van der Waals surface area contributed by atoms with Crippen molar-refractivity contribution in [1.29, 1.82) is 0 Å². The molecule has 0 spiro atoms. The van der Waals surface area contributed by atoms with Crippen LogP contribution in [0, 0.1) is 13.8 Å². The largest absolute Gasteiger partial charge is 0.343 e. The molecule has 1 aromatic heterocycles. The molecule has 0 saturated heterocycles. The summed E-state index contributed by atoms with van der Waals surface area (Å²) in [6.07, 6.45) is 2.69. The number of hydrogen-bond acceptors (Lipinski definition) is 5. The number of fused-ring (bicyclic) bond motifs is 1. The number of amides is 3. The molecule has 0 fully saturated rings. The van der Waals surface area contributed by atoms with Gasteiger partial charge in [0.1, 0.15) is 0 Å². The minimum atomic E-state index is -0.658. The fraction of sp³-hybridized carbons (Fsp3) is 0.320. The SMILES string of the molecule is CCCCCn1nc(C(=O)NNC(=O)CNC(=O)c2ccc(C)c(C)c2)c2ccccc2c1=O. The van der Waals surface area contributed by atoms with Crippen molar-refractivity contribution < 1.29 is 14.4 Å². The molecule has 9 heteroatoms. The summed E-state index contributed by atoms with van der Waals surface area (Å²) in [5.74, 6) is -1.66.